The van der Waals surface area contributed by atoms with Crippen LogP contribution in [0.15, 0.2) is 23.1 Å². The first-order valence-corrected chi connectivity index (χ1v) is 9.14. The lowest BCUT2D eigenvalue weighted by atomic mass is 10.1. The van der Waals surface area contributed by atoms with Gasteiger partial charge in [-0.15, -0.1) is 0 Å². The second-order valence-electron chi connectivity index (χ2n) is 5.73. The molecule has 0 saturated carbocycles. The normalized spacial score (nSPS) is 16.4. The maximum Gasteiger partial charge on any atom is 0.242 e. The second kappa shape index (κ2) is 7.45. The van der Waals surface area contributed by atoms with E-state index in [-0.39, 0.29) is 11.3 Å². The molecular weight excluding hydrogens is 312 g/mol. The minimum Gasteiger partial charge on any atom is -0.370 e. The summed E-state index contributed by atoms with van der Waals surface area (Å²) in [6.07, 6.45) is 3.26. The molecule has 122 valence electrons. The number of nitriles is 2. The Morgan fingerprint density at radius 3 is 2.57 bits per heavy atom. The van der Waals surface area contributed by atoms with Gasteiger partial charge in [0.1, 0.15) is 4.90 Å². The van der Waals surface area contributed by atoms with Crippen molar-refractivity contribution in [3.05, 3.63) is 23.8 Å². The Kier molecular flexibility index (Phi) is 5.59. The van der Waals surface area contributed by atoms with E-state index in [0.29, 0.717) is 11.3 Å². The van der Waals surface area contributed by atoms with E-state index in [1.54, 1.807) is 13.0 Å². The SMILES string of the molecule is CC(CC#N)NS(=O)(=O)c1ccc(C#N)cc1N1CCCCC1. The van der Waals surface area contributed by atoms with Crippen LogP contribution < -0.4 is 9.62 Å². The van der Waals surface area contributed by atoms with Gasteiger partial charge < -0.3 is 4.90 Å². The van der Waals surface area contributed by atoms with Crippen molar-refractivity contribution < 1.29 is 8.42 Å². The van der Waals surface area contributed by atoms with Crippen LogP contribution in [0.4, 0.5) is 5.69 Å². The Morgan fingerprint density at radius 2 is 1.96 bits per heavy atom. The van der Waals surface area contributed by atoms with Crippen molar-refractivity contribution in [1.29, 1.82) is 10.5 Å². The highest BCUT2D eigenvalue weighted by molar-refractivity contribution is 7.89. The third kappa shape index (κ3) is 4.22. The van der Waals surface area contributed by atoms with E-state index in [4.69, 9.17) is 10.5 Å². The molecule has 1 saturated heterocycles. The first kappa shape index (κ1) is 17.3. The van der Waals surface area contributed by atoms with Crippen LogP contribution in [0.25, 0.3) is 0 Å². The summed E-state index contributed by atoms with van der Waals surface area (Å²) in [6, 6.07) is 8.18. The van der Waals surface area contributed by atoms with E-state index in [9.17, 15) is 8.42 Å². The van der Waals surface area contributed by atoms with Crippen LogP contribution in [0.5, 0.6) is 0 Å². The average molecular weight is 332 g/mol. The van der Waals surface area contributed by atoms with Gasteiger partial charge in [-0.1, -0.05) is 0 Å². The zero-order chi connectivity index (χ0) is 16.9. The smallest absolute Gasteiger partial charge is 0.242 e. The standard InChI is InChI=1S/C16H20N4O2S/c1-13(7-8-17)19-23(21,22)16-6-5-14(12-18)11-15(16)20-9-3-2-4-10-20/h5-6,11,13,19H,2-4,7,9-10H2,1H3. The summed E-state index contributed by atoms with van der Waals surface area (Å²) < 4.78 is 27.8. The fraction of sp³-hybridized carbons (Fsp3) is 0.500. The molecule has 0 amide bonds. The van der Waals surface area contributed by atoms with Gasteiger partial charge in [0.25, 0.3) is 0 Å². The molecule has 1 N–H and O–H groups in total. The molecule has 1 fully saturated rings. The van der Waals surface area contributed by atoms with Gasteiger partial charge in [0.2, 0.25) is 10.0 Å². The van der Waals surface area contributed by atoms with Crippen molar-refractivity contribution in [3.8, 4) is 12.1 Å². The summed E-state index contributed by atoms with van der Waals surface area (Å²) in [6.45, 7) is 3.22. The first-order chi connectivity index (χ1) is 11.0. The van der Waals surface area contributed by atoms with Crippen molar-refractivity contribution in [1.82, 2.24) is 4.72 Å². The van der Waals surface area contributed by atoms with Crippen LogP contribution in [0.1, 0.15) is 38.2 Å². The molecule has 6 nitrogen and oxygen atoms in total. The van der Waals surface area contributed by atoms with E-state index < -0.39 is 16.1 Å². The number of nitrogens with zero attached hydrogens (tertiary/aromatic N) is 3. The molecule has 1 aliphatic heterocycles. The predicted molar refractivity (Wildman–Crippen MR) is 87.2 cm³/mol. The van der Waals surface area contributed by atoms with E-state index in [2.05, 4.69) is 10.8 Å². The van der Waals surface area contributed by atoms with Gasteiger partial charge in [-0.25, -0.2) is 13.1 Å². The Morgan fingerprint density at radius 1 is 1.26 bits per heavy atom. The number of sulfonamides is 1. The highest BCUT2D eigenvalue weighted by Crippen LogP contribution is 2.29. The topological polar surface area (TPSA) is 97.0 Å². The predicted octanol–water partition coefficient (Wildman–Crippen LogP) is 2.13. The van der Waals surface area contributed by atoms with E-state index >= 15 is 0 Å². The van der Waals surface area contributed by atoms with Crippen molar-refractivity contribution in [2.45, 2.75) is 43.5 Å². The van der Waals surface area contributed by atoms with Gasteiger partial charge in [-0.2, -0.15) is 10.5 Å². The van der Waals surface area contributed by atoms with Crippen LogP contribution in [0.2, 0.25) is 0 Å². The number of anilines is 1. The monoisotopic (exact) mass is 332 g/mol. The van der Waals surface area contributed by atoms with E-state index in [0.717, 1.165) is 32.4 Å². The molecule has 1 unspecified atom stereocenters. The number of benzene rings is 1. The lowest BCUT2D eigenvalue weighted by Gasteiger charge is -2.30. The van der Waals surface area contributed by atoms with E-state index in [1.165, 1.54) is 12.1 Å². The maximum absolute atomic E-state index is 12.7. The number of hydrogen-bond donors (Lipinski definition) is 1. The van der Waals surface area contributed by atoms with Crippen LogP contribution in [0, 0.1) is 22.7 Å². The Balaban J connectivity index is 2.41. The maximum atomic E-state index is 12.7. The van der Waals surface area contributed by atoms with Gasteiger partial charge in [0.05, 0.1) is 29.8 Å². The summed E-state index contributed by atoms with van der Waals surface area (Å²) in [5.74, 6) is 0. The third-order valence-electron chi connectivity index (χ3n) is 3.83. The molecule has 0 aliphatic carbocycles. The molecule has 0 aromatic heterocycles. The molecule has 0 bridgehead atoms. The Hall–Kier alpha value is -2.09. The fourth-order valence-electron chi connectivity index (χ4n) is 2.70. The quantitative estimate of drug-likeness (QED) is 0.891. The second-order valence-corrected chi connectivity index (χ2v) is 7.41. The average Bonchev–Trinajstić information content (AvgIpc) is 2.54. The zero-order valence-corrected chi connectivity index (χ0v) is 13.9. The van der Waals surface area contributed by atoms with E-state index in [1.807, 2.05) is 11.0 Å². The fourth-order valence-corrected chi connectivity index (χ4v) is 4.15. The van der Waals surface area contributed by atoms with Crippen LogP contribution in [0.3, 0.4) is 0 Å². The van der Waals surface area contributed by atoms with Gasteiger partial charge in [0, 0.05) is 19.1 Å². The molecule has 1 heterocycles. The molecule has 1 aromatic rings. The molecule has 7 heteroatoms. The molecule has 2 rings (SSSR count). The van der Waals surface area contributed by atoms with Gasteiger partial charge in [-0.3, -0.25) is 0 Å². The third-order valence-corrected chi connectivity index (χ3v) is 5.47. The lowest BCUT2D eigenvalue weighted by Crippen LogP contribution is -2.35. The molecular formula is C16H20N4O2S. The summed E-state index contributed by atoms with van der Waals surface area (Å²) in [4.78, 5) is 2.19. The van der Waals surface area contributed by atoms with Gasteiger partial charge in [0.15, 0.2) is 0 Å². The molecule has 23 heavy (non-hydrogen) atoms. The minimum atomic E-state index is -3.74. The lowest BCUT2D eigenvalue weighted by molar-refractivity contribution is 0.557. The summed E-state index contributed by atoms with van der Waals surface area (Å²) in [7, 11) is -3.74. The van der Waals surface area contributed by atoms with Gasteiger partial charge >= 0.3 is 0 Å². The number of nitrogens with one attached hydrogen (secondary N) is 1. The number of piperidine rings is 1. The van der Waals surface area contributed by atoms with Crippen LogP contribution in [-0.2, 0) is 10.0 Å². The minimum absolute atomic E-state index is 0.106. The summed E-state index contributed by atoms with van der Waals surface area (Å²) in [5, 5.41) is 17.8. The largest absolute Gasteiger partial charge is 0.370 e. The van der Waals surface area contributed by atoms with Crippen molar-refractivity contribution in [3.63, 3.8) is 0 Å². The zero-order valence-electron chi connectivity index (χ0n) is 13.1. The summed E-state index contributed by atoms with van der Waals surface area (Å²) in [5.41, 5.74) is 1.01. The first-order valence-electron chi connectivity index (χ1n) is 7.66. The Bertz CT molecular complexity index is 740. The molecule has 1 aliphatic rings. The van der Waals surface area contributed by atoms with Crippen molar-refractivity contribution in [2.24, 2.45) is 0 Å². The Labute approximate surface area is 137 Å². The highest BCUT2D eigenvalue weighted by Gasteiger charge is 2.25. The molecule has 0 spiro atoms. The molecule has 1 atom stereocenters. The van der Waals surface area contributed by atoms with Crippen molar-refractivity contribution in [2.75, 3.05) is 18.0 Å². The van der Waals surface area contributed by atoms with Crippen molar-refractivity contribution >= 4 is 15.7 Å². The molecule has 1 aromatic carbocycles. The molecule has 0 radical (unpaired) electrons. The number of rotatable bonds is 5. The highest BCUT2D eigenvalue weighted by atomic mass is 32.2. The van der Waals surface area contributed by atoms with Crippen LogP contribution in [-0.4, -0.2) is 27.5 Å². The number of hydrogen-bond acceptors (Lipinski definition) is 5. The van der Waals surface area contributed by atoms with Crippen LogP contribution >= 0.6 is 0 Å². The van der Waals surface area contributed by atoms with Gasteiger partial charge in [-0.05, 0) is 44.4 Å². The summed E-state index contributed by atoms with van der Waals surface area (Å²) >= 11 is 0.